The highest BCUT2D eigenvalue weighted by Crippen LogP contribution is 2.33. The van der Waals surface area contributed by atoms with Crippen LogP contribution in [0, 0.1) is 23.5 Å². The third-order valence-electron chi connectivity index (χ3n) is 4.64. The molecule has 1 aliphatic carbocycles. The topological polar surface area (TPSA) is 17.1 Å². The van der Waals surface area contributed by atoms with Gasteiger partial charge in [0.1, 0.15) is 17.4 Å². The van der Waals surface area contributed by atoms with Crippen LogP contribution in [0.2, 0.25) is 0 Å². The Balaban J connectivity index is 1.86. The Kier molecular flexibility index (Phi) is 5.89. The van der Waals surface area contributed by atoms with Crippen LogP contribution in [0.25, 0.3) is 0 Å². The van der Waals surface area contributed by atoms with Gasteiger partial charge in [0.15, 0.2) is 0 Å². The van der Waals surface area contributed by atoms with Gasteiger partial charge in [-0.15, -0.1) is 0 Å². The Bertz CT molecular complexity index is 476. The van der Waals surface area contributed by atoms with Gasteiger partial charge in [-0.3, -0.25) is 4.79 Å². The number of hydrogen-bond acceptors (Lipinski definition) is 1. The second-order valence-electron chi connectivity index (χ2n) is 6.24. The average molecular weight is 294 g/mol. The highest BCUT2D eigenvalue weighted by Gasteiger charge is 2.26. The molecule has 0 amide bonds. The summed E-state index contributed by atoms with van der Waals surface area (Å²) in [5, 5.41) is 0. The van der Waals surface area contributed by atoms with Crippen LogP contribution >= 0.6 is 0 Å². The highest BCUT2D eigenvalue weighted by atomic mass is 19.1. The van der Waals surface area contributed by atoms with Crippen molar-refractivity contribution in [1.29, 1.82) is 0 Å². The Hall–Kier alpha value is -1.25. The number of Topliss-reactive ketones (excluding diaryl/α,β-unsaturated/α-hetero) is 1. The summed E-state index contributed by atoms with van der Waals surface area (Å²) in [5.74, 6) is -0.122. The third-order valence-corrected chi connectivity index (χ3v) is 4.64. The maximum absolute atomic E-state index is 13.6. The molecule has 0 N–H and O–H groups in total. The largest absolute Gasteiger partial charge is 0.299 e. The van der Waals surface area contributed by atoms with Crippen molar-refractivity contribution in [2.45, 2.75) is 58.3 Å². The van der Waals surface area contributed by atoms with Gasteiger partial charge in [0.2, 0.25) is 0 Å². The molecule has 1 saturated carbocycles. The van der Waals surface area contributed by atoms with E-state index in [-0.39, 0.29) is 23.7 Å². The molecule has 1 aromatic rings. The molecule has 1 aliphatic rings. The van der Waals surface area contributed by atoms with Gasteiger partial charge in [-0.2, -0.15) is 0 Å². The lowest BCUT2D eigenvalue weighted by molar-refractivity contribution is -0.123. The zero-order valence-electron chi connectivity index (χ0n) is 12.7. The minimum absolute atomic E-state index is 0.0217. The first-order valence-corrected chi connectivity index (χ1v) is 8.06. The number of ketones is 1. The first-order chi connectivity index (χ1) is 10.1. The summed E-state index contributed by atoms with van der Waals surface area (Å²) in [6, 6.07) is 3.32. The van der Waals surface area contributed by atoms with Crippen LogP contribution in [-0.4, -0.2) is 5.78 Å². The molecule has 0 heterocycles. The summed E-state index contributed by atoms with van der Waals surface area (Å²) in [6.45, 7) is 2.20. The van der Waals surface area contributed by atoms with E-state index in [9.17, 15) is 13.6 Å². The molecule has 1 nitrogen and oxygen atoms in total. The smallest absolute Gasteiger partial charge is 0.140 e. The normalized spacial score (nSPS) is 22.2. The van der Waals surface area contributed by atoms with E-state index >= 15 is 0 Å². The van der Waals surface area contributed by atoms with Gasteiger partial charge in [-0.25, -0.2) is 8.78 Å². The fourth-order valence-electron chi connectivity index (χ4n) is 3.28. The van der Waals surface area contributed by atoms with E-state index in [0.29, 0.717) is 0 Å². The molecule has 0 radical (unpaired) electrons. The molecule has 0 unspecified atom stereocenters. The number of rotatable bonds is 6. The van der Waals surface area contributed by atoms with Gasteiger partial charge in [-0.1, -0.05) is 26.2 Å². The third kappa shape index (κ3) is 4.62. The lowest BCUT2D eigenvalue weighted by Crippen LogP contribution is -2.23. The van der Waals surface area contributed by atoms with Gasteiger partial charge in [0.25, 0.3) is 0 Å². The molecule has 0 spiro atoms. The maximum Gasteiger partial charge on any atom is 0.140 e. The van der Waals surface area contributed by atoms with Crippen molar-refractivity contribution in [2.24, 2.45) is 11.8 Å². The fraction of sp³-hybridized carbons (Fsp3) is 0.611. The van der Waals surface area contributed by atoms with E-state index in [1.54, 1.807) is 0 Å². The van der Waals surface area contributed by atoms with Crippen molar-refractivity contribution in [1.82, 2.24) is 0 Å². The predicted octanol–water partition coefficient (Wildman–Crippen LogP) is 5.07. The van der Waals surface area contributed by atoms with Crippen LogP contribution in [0.15, 0.2) is 18.2 Å². The van der Waals surface area contributed by atoms with Gasteiger partial charge >= 0.3 is 0 Å². The van der Waals surface area contributed by atoms with Crippen LogP contribution in [0.5, 0.6) is 0 Å². The summed E-state index contributed by atoms with van der Waals surface area (Å²) in [5.41, 5.74) is 0.188. The van der Waals surface area contributed by atoms with E-state index in [0.717, 1.165) is 49.8 Å². The van der Waals surface area contributed by atoms with Crippen LogP contribution in [-0.2, 0) is 11.2 Å². The second-order valence-corrected chi connectivity index (χ2v) is 6.24. The molecule has 0 bridgehead atoms. The maximum atomic E-state index is 13.6. The first kappa shape index (κ1) is 16.1. The minimum atomic E-state index is -0.485. The van der Waals surface area contributed by atoms with Crippen LogP contribution < -0.4 is 0 Å². The molecule has 1 fully saturated rings. The van der Waals surface area contributed by atoms with E-state index < -0.39 is 11.6 Å². The lowest BCUT2D eigenvalue weighted by Gasteiger charge is -2.27. The monoisotopic (exact) mass is 294 g/mol. The van der Waals surface area contributed by atoms with Gasteiger partial charge in [-0.05, 0) is 55.4 Å². The molecule has 0 aliphatic heterocycles. The summed E-state index contributed by atoms with van der Waals surface area (Å²) in [4.78, 5) is 12.3. The van der Waals surface area contributed by atoms with Crippen molar-refractivity contribution < 1.29 is 13.6 Å². The van der Waals surface area contributed by atoms with Gasteiger partial charge in [0.05, 0.1) is 0 Å². The first-order valence-electron chi connectivity index (χ1n) is 8.06. The molecule has 1 aromatic carbocycles. The van der Waals surface area contributed by atoms with Crippen LogP contribution in [0.1, 0.15) is 57.4 Å². The molecule has 3 heteroatoms. The standard InChI is InChI=1S/C18H24F2O/c1-2-3-4-13-5-7-14(8-6-13)18(21)12-15-11-16(19)9-10-17(15)20/h9-11,13-14H,2-8,12H2,1H3. The van der Waals surface area contributed by atoms with Crippen molar-refractivity contribution in [3.63, 3.8) is 0 Å². The van der Waals surface area contributed by atoms with E-state index in [4.69, 9.17) is 0 Å². The van der Waals surface area contributed by atoms with Crippen molar-refractivity contribution in [2.75, 3.05) is 0 Å². The van der Waals surface area contributed by atoms with Crippen LogP contribution in [0.4, 0.5) is 8.78 Å². The number of hydrogen-bond donors (Lipinski definition) is 0. The minimum Gasteiger partial charge on any atom is -0.299 e. The lowest BCUT2D eigenvalue weighted by atomic mass is 9.77. The molecular formula is C18H24F2O. The number of halogens is 2. The molecule has 2 rings (SSSR count). The number of carbonyl (C=O) groups excluding carboxylic acids is 1. The Labute approximate surface area is 125 Å². The molecule has 21 heavy (non-hydrogen) atoms. The van der Waals surface area contributed by atoms with Crippen molar-refractivity contribution in [3.05, 3.63) is 35.4 Å². The molecule has 0 saturated heterocycles. The summed E-state index contributed by atoms with van der Waals surface area (Å²) < 4.78 is 26.7. The molecule has 0 aromatic heterocycles. The summed E-state index contributed by atoms with van der Waals surface area (Å²) in [7, 11) is 0. The SMILES string of the molecule is CCCCC1CCC(C(=O)Cc2cc(F)ccc2F)CC1. The number of unbranched alkanes of at least 4 members (excludes halogenated alkanes) is 1. The average Bonchev–Trinajstić information content (AvgIpc) is 2.49. The molecule has 0 atom stereocenters. The van der Waals surface area contributed by atoms with Crippen LogP contribution in [0.3, 0.4) is 0 Å². The number of carbonyl (C=O) groups is 1. The molecule has 116 valence electrons. The molecular weight excluding hydrogens is 270 g/mol. The zero-order chi connectivity index (χ0) is 15.2. The van der Waals surface area contributed by atoms with Crippen molar-refractivity contribution >= 4 is 5.78 Å². The van der Waals surface area contributed by atoms with Gasteiger partial charge < -0.3 is 0 Å². The second kappa shape index (κ2) is 7.67. The fourth-order valence-corrected chi connectivity index (χ4v) is 3.28. The quantitative estimate of drug-likeness (QED) is 0.715. The zero-order valence-corrected chi connectivity index (χ0v) is 12.7. The number of benzene rings is 1. The Morgan fingerprint density at radius 2 is 1.90 bits per heavy atom. The summed E-state index contributed by atoms with van der Waals surface area (Å²) >= 11 is 0. The van der Waals surface area contributed by atoms with E-state index in [1.807, 2.05) is 0 Å². The Morgan fingerprint density at radius 1 is 1.19 bits per heavy atom. The van der Waals surface area contributed by atoms with E-state index in [1.165, 1.54) is 19.3 Å². The van der Waals surface area contributed by atoms with Crippen molar-refractivity contribution in [3.8, 4) is 0 Å². The highest BCUT2D eigenvalue weighted by molar-refractivity contribution is 5.83. The van der Waals surface area contributed by atoms with E-state index in [2.05, 4.69) is 6.92 Å². The Morgan fingerprint density at radius 3 is 2.57 bits per heavy atom. The summed E-state index contributed by atoms with van der Waals surface area (Å²) in [6.07, 6.45) is 7.78. The predicted molar refractivity (Wildman–Crippen MR) is 80.0 cm³/mol. The van der Waals surface area contributed by atoms with Gasteiger partial charge in [0, 0.05) is 12.3 Å².